The van der Waals surface area contributed by atoms with Gasteiger partial charge in [-0.05, 0) is 42.0 Å². The van der Waals surface area contributed by atoms with E-state index >= 15 is 0 Å². The summed E-state index contributed by atoms with van der Waals surface area (Å²) in [5.41, 5.74) is 6.10. The molecule has 0 saturated carbocycles. The number of carbonyl (C=O) groups excluding carboxylic acids is 2. The second kappa shape index (κ2) is 10.6. The molecule has 1 amide bonds. The number of alkyl halides is 3. The van der Waals surface area contributed by atoms with Gasteiger partial charge in [0.15, 0.2) is 5.11 Å². The second-order valence-corrected chi connectivity index (χ2v) is 6.83. The SMILES string of the molecule is COC(=O)CNC(=O)CC(NC(=S)Nc1ccccc1N)c1cccc(C(F)(F)F)c1. The summed E-state index contributed by atoms with van der Waals surface area (Å²) in [6.07, 6.45) is -4.84. The highest BCUT2D eigenvalue weighted by Gasteiger charge is 2.31. The van der Waals surface area contributed by atoms with E-state index in [0.29, 0.717) is 11.4 Å². The van der Waals surface area contributed by atoms with E-state index in [4.69, 9.17) is 18.0 Å². The number of rotatable bonds is 7. The predicted octanol–water partition coefficient (Wildman–Crippen LogP) is 2.99. The Morgan fingerprint density at radius 1 is 1.16 bits per heavy atom. The van der Waals surface area contributed by atoms with Crippen LogP contribution < -0.4 is 21.7 Å². The number of nitrogens with two attached hydrogens (primary N) is 1. The summed E-state index contributed by atoms with van der Waals surface area (Å²) in [5.74, 6) is -1.24. The fraction of sp³-hybridized carbons (Fsp3) is 0.250. The summed E-state index contributed by atoms with van der Waals surface area (Å²) in [7, 11) is 1.17. The molecule has 2 rings (SSSR count). The number of nitrogen functional groups attached to an aromatic ring is 1. The molecule has 0 aliphatic rings. The highest BCUT2D eigenvalue weighted by Crippen LogP contribution is 2.31. The summed E-state index contributed by atoms with van der Waals surface area (Å²) >= 11 is 5.25. The maximum atomic E-state index is 13.1. The molecular weight excluding hydrogens is 433 g/mol. The number of benzene rings is 2. The van der Waals surface area contributed by atoms with Crippen molar-refractivity contribution in [3.05, 3.63) is 59.7 Å². The Bertz CT molecular complexity index is 953. The smallest absolute Gasteiger partial charge is 0.416 e. The Hall–Kier alpha value is -3.34. The average Bonchev–Trinajstić information content (AvgIpc) is 2.72. The molecule has 1 unspecified atom stereocenters. The molecule has 0 bridgehead atoms. The monoisotopic (exact) mass is 454 g/mol. The molecular formula is C20H21F3N4O3S. The lowest BCUT2D eigenvalue weighted by atomic mass is 10.0. The molecule has 2 aromatic carbocycles. The van der Waals surface area contributed by atoms with Crippen LogP contribution in [0.4, 0.5) is 24.5 Å². The van der Waals surface area contributed by atoms with Gasteiger partial charge < -0.3 is 26.4 Å². The summed E-state index contributed by atoms with van der Waals surface area (Å²) in [4.78, 5) is 23.5. The van der Waals surface area contributed by atoms with Crippen LogP contribution in [0.3, 0.4) is 0 Å². The minimum absolute atomic E-state index is 0.0566. The van der Waals surface area contributed by atoms with Gasteiger partial charge in [0.05, 0.1) is 36.5 Å². The first kappa shape index (κ1) is 23.9. The molecule has 7 nitrogen and oxygen atoms in total. The van der Waals surface area contributed by atoms with Crippen LogP contribution in [0.25, 0.3) is 0 Å². The normalized spacial score (nSPS) is 11.9. The molecule has 1 atom stereocenters. The van der Waals surface area contributed by atoms with Gasteiger partial charge in [-0.3, -0.25) is 9.59 Å². The zero-order valence-electron chi connectivity index (χ0n) is 16.5. The first-order valence-electron chi connectivity index (χ1n) is 9.03. The van der Waals surface area contributed by atoms with E-state index < -0.39 is 29.7 Å². The minimum Gasteiger partial charge on any atom is -0.468 e. The molecule has 5 N–H and O–H groups in total. The zero-order valence-corrected chi connectivity index (χ0v) is 17.3. The lowest BCUT2D eigenvalue weighted by molar-refractivity contribution is -0.141. The van der Waals surface area contributed by atoms with Gasteiger partial charge in [-0.15, -0.1) is 0 Å². The standard InChI is InChI=1S/C20H21F3N4O3S/c1-30-18(29)11-25-17(28)10-16(12-5-4-6-13(9-12)20(21,22)23)27-19(31)26-15-8-3-2-7-14(15)24/h2-9,16H,10-11,24H2,1H3,(H,25,28)(H2,26,27,31). The number of para-hydroxylation sites is 2. The average molecular weight is 454 g/mol. The van der Waals surface area contributed by atoms with Gasteiger partial charge in [-0.2, -0.15) is 13.2 Å². The lowest BCUT2D eigenvalue weighted by Crippen LogP contribution is -2.37. The number of anilines is 2. The van der Waals surface area contributed by atoms with Crippen LogP contribution in [0.15, 0.2) is 48.5 Å². The van der Waals surface area contributed by atoms with Crippen LogP contribution in [-0.4, -0.2) is 30.6 Å². The van der Waals surface area contributed by atoms with E-state index in [1.54, 1.807) is 24.3 Å². The third kappa shape index (κ3) is 7.45. The van der Waals surface area contributed by atoms with Gasteiger partial charge in [0.25, 0.3) is 0 Å². The van der Waals surface area contributed by atoms with E-state index in [2.05, 4.69) is 20.7 Å². The largest absolute Gasteiger partial charge is 0.468 e. The van der Waals surface area contributed by atoms with Crippen molar-refractivity contribution in [3.8, 4) is 0 Å². The van der Waals surface area contributed by atoms with Crippen molar-refractivity contribution in [2.45, 2.75) is 18.6 Å². The van der Waals surface area contributed by atoms with Crippen LogP contribution in [0, 0.1) is 0 Å². The van der Waals surface area contributed by atoms with Crippen molar-refractivity contribution < 1.29 is 27.5 Å². The summed E-state index contributed by atoms with van der Waals surface area (Å²) in [6, 6.07) is 10.4. The fourth-order valence-corrected chi connectivity index (χ4v) is 2.86. The molecule has 166 valence electrons. The molecule has 0 aromatic heterocycles. The van der Waals surface area contributed by atoms with E-state index in [-0.39, 0.29) is 23.6 Å². The lowest BCUT2D eigenvalue weighted by Gasteiger charge is -2.22. The van der Waals surface area contributed by atoms with Crippen molar-refractivity contribution >= 4 is 40.6 Å². The Kier molecular flexibility index (Phi) is 8.20. The third-order valence-corrected chi connectivity index (χ3v) is 4.40. The van der Waals surface area contributed by atoms with Crippen LogP contribution in [0.5, 0.6) is 0 Å². The number of methoxy groups -OCH3 is 1. The van der Waals surface area contributed by atoms with E-state index in [0.717, 1.165) is 12.1 Å². The summed E-state index contributed by atoms with van der Waals surface area (Å²) < 4.78 is 43.8. The highest BCUT2D eigenvalue weighted by molar-refractivity contribution is 7.80. The minimum atomic E-state index is -4.55. The van der Waals surface area contributed by atoms with E-state index in [1.807, 2.05) is 0 Å². The van der Waals surface area contributed by atoms with Crippen LogP contribution in [0.2, 0.25) is 0 Å². The highest BCUT2D eigenvalue weighted by atomic mass is 32.1. The van der Waals surface area contributed by atoms with Crippen LogP contribution in [-0.2, 0) is 20.5 Å². The molecule has 31 heavy (non-hydrogen) atoms. The molecule has 0 heterocycles. The Morgan fingerprint density at radius 2 is 1.87 bits per heavy atom. The fourth-order valence-electron chi connectivity index (χ4n) is 2.61. The molecule has 0 spiro atoms. The molecule has 0 fully saturated rings. The third-order valence-electron chi connectivity index (χ3n) is 4.18. The van der Waals surface area contributed by atoms with Crippen molar-refractivity contribution in [2.24, 2.45) is 0 Å². The molecule has 0 saturated heterocycles. The Balaban J connectivity index is 2.21. The van der Waals surface area contributed by atoms with Crippen molar-refractivity contribution in [1.82, 2.24) is 10.6 Å². The first-order valence-corrected chi connectivity index (χ1v) is 9.43. The van der Waals surface area contributed by atoms with Crippen molar-refractivity contribution in [2.75, 3.05) is 24.7 Å². The second-order valence-electron chi connectivity index (χ2n) is 6.42. The topological polar surface area (TPSA) is 105 Å². The van der Waals surface area contributed by atoms with Gasteiger partial charge >= 0.3 is 12.1 Å². The molecule has 0 radical (unpaired) electrons. The number of hydrogen-bond donors (Lipinski definition) is 4. The van der Waals surface area contributed by atoms with Gasteiger partial charge in [0.2, 0.25) is 5.91 Å². The number of ether oxygens (including phenoxy) is 1. The Labute approximate surface area is 182 Å². The zero-order chi connectivity index (χ0) is 23.0. The maximum Gasteiger partial charge on any atom is 0.416 e. The van der Waals surface area contributed by atoms with Crippen molar-refractivity contribution in [3.63, 3.8) is 0 Å². The molecule has 2 aromatic rings. The summed E-state index contributed by atoms with van der Waals surface area (Å²) in [5, 5.41) is 8.10. The maximum absolute atomic E-state index is 13.1. The Morgan fingerprint density at radius 3 is 2.52 bits per heavy atom. The number of nitrogens with one attached hydrogen (secondary N) is 3. The van der Waals surface area contributed by atoms with Crippen LogP contribution in [0.1, 0.15) is 23.6 Å². The van der Waals surface area contributed by atoms with Gasteiger partial charge in [0.1, 0.15) is 6.54 Å². The number of hydrogen-bond acceptors (Lipinski definition) is 5. The van der Waals surface area contributed by atoms with Gasteiger partial charge in [-0.25, -0.2) is 0 Å². The van der Waals surface area contributed by atoms with Gasteiger partial charge in [-0.1, -0.05) is 24.3 Å². The van der Waals surface area contributed by atoms with Gasteiger partial charge in [0, 0.05) is 0 Å². The van der Waals surface area contributed by atoms with E-state index in [9.17, 15) is 22.8 Å². The van der Waals surface area contributed by atoms with Crippen molar-refractivity contribution in [1.29, 1.82) is 0 Å². The van der Waals surface area contributed by atoms with Crippen LogP contribution >= 0.6 is 12.2 Å². The molecule has 11 heteroatoms. The first-order chi connectivity index (χ1) is 14.6. The van der Waals surface area contributed by atoms with E-state index in [1.165, 1.54) is 19.2 Å². The number of carbonyl (C=O) groups is 2. The number of esters is 1. The molecule has 0 aliphatic heterocycles. The quantitative estimate of drug-likeness (QED) is 0.290. The number of halogens is 3. The molecule has 0 aliphatic carbocycles. The number of thiocarbonyl (C=S) groups is 1. The summed E-state index contributed by atoms with van der Waals surface area (Å²) in [6.45, 7) is -0.367. The predicted molar refractivity (Wildman–Crippen MR) is 114 cm³/mol. The number of amides is 1.